The number of anilines is 1. The van der Waals surface area contributed by atoms with Crippen molar-refractivity contribution in [2.24, 2.45) is 5.92 Å². The first-order chi connectivity index (χ1) is 9.92. The van der Waals surface area contributed by atoms with Crippen molar-refractivity contribution >= 4 is 11.5 Å². The maximum atomic E-state index is 4.50. The largest absolute Gasteiger partial charge is 0.367 e. The standard InChI is InChI=1S/C15H15N5/c1-2-12(9-16-5-1)13-10-19-15-14(17-6-7-20(13)15)18-8-11-3-4-11/h1-2,5-7,9-11H,3-4,8H2,(H,17,18). The Morgan fingerprint density at radius 3 is 2.95 bits per heavy atom. The molecule has 0 radical (unpaired) electrons. The van der Waals surface area contributed by atoms with Gasteiger partial charge in [-0.3, -0.25) is 9.38 Å². The molecule has 1 aliphatic rings. The fraction of sp³-hybridized carbons (Fsp3) is 0.267. The van der Waals surface area contributed by atoms with Crippen LogP contribution in [0.5, 0.6) is 0 Å². The molecule has 0 spiro atoms. The van der Waals surface area contributed by atoms with Gasteiger partial charge in [-0.2, -0.15) is 0 Å². The van der Waals surface area contributed by atoms with E-state index in [4.69, 9.17) is 0 Å². The van der Waals surface area contributed by atoms with Crippen LogP contribution in [0.25, 0.3) is 16.9 Å². The van der Waals surface area contributed by atoms with Gasteiger partial charge in [0.1, 0.15) is 0 Å². The second kappa shape index (κ2) is 4.59. The zero-order valence-electron chi connectivity index (χ0n) is 11.0. The molecule has 100 valence electrons. The number of nitrogens with zero attached hydrogens (tertiary/aromatic N) is 4. The lowest BCUT2D eigenvalue weighted by atomic mass is 10.2. The molecule has 3 aromatic rings. The highest BCUT2D eigenvalue weighted by atomic mass is 15.1. The Morgan fingerprint density at radius 2 is 2.15 bits per heavy atom. The van der Waals surface area contributed by atoms with E-state index in [9.17, 15) is 0 Å². The minimum atomic E-state index is 0.810. The van der Waals surface area contributed by atoms with Crippen LogP contribution in [0.4, 0.5) is 5.82 Å². The van der Waals surface area contributed by atoms with Gasteiger partial charge in [0, 0.05) is 36.9 Å². The van der Waals surface area contributed by atoms with Crippen molar-refractivity contribution in [3.05, 3.63) is 43.1 Å². The second-order valence-electron chi connectivity index (χ2n) is 5.18. The lowest BCUT2D eigenvalue weighted by Gasteiger charge is -2.06. The lowest BCUT2D eigenvalue weighted by Crippen LogP contribution is -2.06. The van der Waals surface area contributed by atoms with Gasteiger partial charge in [-0.1, -0.05) is 0 Å². The van der Waals surface area contributed by atoms with E-state index in [1.54, 1.807) is 6.20 Å². The molecule has 3 heterocycles. The lowest BCUT2D eigenvalue weighted by molar-refractivity contribution is 0.881. The maximum Gasteiger partial charge on any atom is 0.180 e. The number of rotatable bonds is 4. The van der Waals surface area contributed by atoms with Gasteiger partial charge < -0.3 is 5.32 Å². The predicted molar refractivity (Wildman–Crippen MR) is 77.4 cm³/mol. The summed E-state index contributed by atoms with van der Waals surface area (Å²) in [5.74, 6) is 1.67. The third kappa shape index (κ3) is 2.01. The molecule has 0 atom stereocenters. The van der Waals surface area contributed by atoms with Crippen molar-refractivity contribution in [1.29, 1.82) is 0 Å². The molecule has 1 saturated carbocycles. The minimum absolute atomic E-state index is 0.810. The van der Waals surface area contributed by atoms with Crippen LogP contribution in [0, 0.1) is 5.92 Å². The molecule has 20 heavy (non-hydrogen) atoms. The Kier molecular flexibility index (Phi) is 2.62. The zero-order valence-corrected chi connectivity index (χ0v) is 11.0. The van der Waals surface area contributed by atoms with Crippen LogP contribution in [0.1, 0.15) is 12.8 Å². The summed E-state index contributed by atoms with van der Waals surface area (Å²) in [6.07, 6.45) is 11.9. The first-order valence-electron chi connectivity index (χ1n) is 6.88. The number of fused-ring (bicyclic) bond motifs is 1. The van der Waals surface area contributed by atoms with Gasteiger partial charge in [-0.05, 0) is 30.9 Å². The molecule has 1 N–H and O–H groups in total. The van der Waals surface area contributed by atoms with Gasteiger partial charge in [0.05, 0.1) is 11.9 Å². The third-order valence-electron chi connectivity index (χ3n) is 3.64. The van der Waals surface area contributed by atoms with Crippen LogP contribution in [0.3, 0.4) is 0 Å². The molecule has 4 rings (SSSR count). The average molecular weight is 265 g/mol. The molecular formula is C15H15N5. The van der Waals surface area contributed by atoms with Crippen molar-refractivity contribution < 1.29 is 0 Å². The average Bonchev–Trinajstić information content (AvgIpc) is 3.23. The van der Waals surface area contributed by atoms with E-state index in [1.807, 2.05) is 36.9 Å². The van der Waals surface area contributed by atoms with Crippen LogP contribution in [-0.4, -0.2) is 25.9 Å². The Bertz CT molecular complexity index is 730. The van der Waals surface area contributed by atoms with Gasteiger partial charge in [-0.15, -0.1) is 0 Å². The molecule has 0 bridgehead atoms. The van der Waals surface area contributed by atoms with Crippen LogP contribution in [-0.2, 0) is 0 Å². The number of hydrogen-bond donors (Lipinski definition) is 1. The summed E-state index contributed by atoms with van der Waals surface area (Å²) in [6, 6.07) is 3.97. The summed E-state index contributed by atoms with van der Waals surface area (Å²) in [6.45, 7) is 0.988. The summed E-state index contributed by atoms with van der Waals surface area (Å²) in [5, 5.41) is 3.40. The number of imidazole rings is 1. The van der Waals surface area contributed by atoms with Gasteiger partial charge in [-0.25, -0.2) is 9.97 Å². The Hall–Kier alpha value is -2.43. The van der Waals surface area contributed by atoms with E-state index in [0.29, 0.717) is 0 Å². The molecule has 1 fully saturated rings. The molecule has 0 amide bonds. The van der Waals surface area contributed by atoms with E-state index in [0.717, 1.165) is 35.2 Å². The highest BCUT2D eigenvalue weighted by molar-refractivity contribution is 5.70. The highest BCUT2D eigenvalue weighted by Crippen LogP contribution is 2.29. The summed E-state index contributed by atoms with van der Waals surface area (Å²) < 4.78 is 2.05. The molecule has 0 saturated heterocycles. The van der Waals surface area contributed by atoms with Crippen LogP contribution >= 0.6 is 0 Å². The zero-order chi connectivity index (χ0) is 13.4. The van der Waals surface area contributed by atoms with E-state index >= 15 is 0 Å². The fourth-order valence-electron chi connectivity index (χ4n) is 2.33. The van der Waals surface area contributed by atoms with E-state index in [-0.39, 0.29) is 0 Å². The molecule has 0 aliphatic heterocycles. The molecule has 3 aromatic heterocycles. The Labute approximate surface area is 116 Å². The number of nitrogens with one attached hydrogen (secondary N) is 1. The number of aromatic nitrogens is 4. The Morgan fingerprint density at radius 1 is 1.20 bits per heavy atom. The van der Waals surface area contributed by atoms with E-state index in [1.165, 1.54) is 12.8 Å². The number of pyridine rings is 1. The highest BCUT2D eigenvalue weighted by Gasteiger charge is 2.21. The topological polar surface area (TPSA) is 55.1 Å². The van der Waals surface area contributed by atoms with E-state index in [2.05, 4.69) is 24.7 Å². The molecule has 0 unspecified atom stereocenters. The summed E-state index contributed by atoms with van der Waals surface area (Å²) in [4.78, 5) is 13.1. The molecule has 5 nitrogen and oxygen atoms in total. The number of hydrogen-bond acceptors (Lipinski definition) is 4. The molecular weight excluding hydrogens is 250 g/mol. The van der Waals surface area contributed by atoms with Crippen molar-refractivity contribution in [2.45, 2.75) is 12.8 Å². The fourth-order valence-corrected chi connectivity index (χ4v) is 2.33. The van der Waals surface area contributed by atoms with Crippen molar-refractivity contribution in [1.82, 2.24) is 19.4 Å². The maximum absolute atomic E-state index is 4.50. The summed E-state index contributed by atoms with van der Waals surface area (Å²) in [5.41, 5.74) is 2.95. The first kappa shape index (κ1) is 11.4. The van der Waals surface area contributed by atoms with Gasteiger partial charge in [0.25, 0.3) is 0 Å². The first-order valence-corrected chi connectivity index (χ1v) is 6.88. The minimum Gasteiger partial charge on any atom is -0.367 e. The molecule has 1 aliphatic carbocycles. The van der Waals surface area contributed by atoms with Gasteiger partial charge >= 0.3 is 0 Å². The van der Waals surface area contributed by atoms with Crippen molar-refractivity contribution in [2.75, 3.05) is 11.9 Å². The van der Waals surface area contributed by atoms with Crippen LogP contribution < -0.4 is 5.32 Å². The van der Waals surface area contributed by atoms with E-state index < -0.39 is 0 Å². The van der Waals surface area contributed by atoms with Gasteiger partial charge in [0.2, 0.25) is 0 Å². The van der Waals surface area contributed by atoms with Crippen molar-refractivity contribution in [3.8, 4) is 11.3 Å². The summed E-state index contributed by atoms with van der Waals surface area (Å²) in [7, 11) is 0. The Balaban J connectivity index is 1.75. The van der Waals surface area contributed by atoms with Crippen molar-refractivity contribution in [3.63, 3.8) is 0 Å². The second-order valence-corrected chi connectivity index (χ2v) is 5.18. The summed E-state index contributed by atoms with van der Waals surface area (Å²) >= 11 is 0. The predicted octanol–water partition coefficient (Wildman–Crippen LogP) is 2.61. The monoisotopic (exact) mass is 265 g/mol. The SMILES string of the molecule is c1cncc(-c2cnc3c(NCC4CC4)nccn23)c1. The molecule has 5 heteroatoms. The normalized spacial score (nSPS) is 14.6. The smallest absolute Gasteiger partial charge is 0.180 e. The van der Waals surface area contributed by atoms with Gasteiger partial charge in [0.15, 0.2) is 11.5 Å². The third-order valence-corrected chi connectivity index (χ3v) is 3.64. The molecule has 0 aromatic carbocycles. The van der Waals surface area contributed by atoms with Crippen LogP contribution in [0.15, 0.2) is 43.1 Å². The quantitative estimate of drug-likeness (QED) is 0.788. The van der Waals surface area contributed by atoms with Crippen LogP contribution in [0.2, 0.25) is 0 Å².